The van der Waals surface area contributed by atoms with Crippen molar-refractivity contribution in [2.24, 2.45) is 0 Å². The van der Waals surface area contributed by atoms with E-state index < -0.39 is 50.3 Å². The summed E-state index contributed by atoms with van der Waals surface area (Å²) in [5.41, 5.74) is -4.79. The fourth-order valence-electron chi connectivity index (χ4n) is 2.82. The van der Waals surface area contributed by atoms with Crippen LogP contribution in [0.3, 0.4) is 0 Å². The van der Waals surface area contributed by atoms with Gasteiger partial charge in [0.1, 0.15) is 0 Å². The van der Waals surface area contributed by atoms with E-state index in [1.165, 1.54) is 0 Å². The number of alkyl halides is 6. The summed E-state index contributed by atoms with van der Waals surface area (Å²) in [5.74, 6) is -16.2. The maximum absolute atomic E-state index is 14.3. The molecule has 2 aromatic heterocycles. The topological polar surface area (TPSA) is 0 Å². The molecule has 25 heavy (non-hydrogen) atoms. The highest BCUT2D eigenvalue weighted by molar-refractivity contribution is 7.10. The minimum atomic E-state index is -5.74. The van der Waals surface area contributed by atoms with Gasteiger partial charge >= 0.3 is 17.8 Å². The number of allylic oxidation sites excluding steroid dienone is 2. The number of halogens is 8. The van der Waals surface area contributed by atoms with Crippen LogP contribution in [0, 0.1) is 24.1 Å². The zero-order valence-corrected chi connectivity index (χ0v) is 14.1. The van der Waals surface area contributed by atoms with Crippen molar-refractivity contribution in [1.29, 1.82) is 0 Å². The number of aryl methyl sites for hydroxylation is 2. The highest BCUT2D eigenvalue weighted by Crippen LogP contribution is 2.65. The fourth-order valence-corrected chi connectivity index (χ4v) is 4.30. The molecule has 1 aliphatic carbocycles. The summed E-state index contributed by atoms with van der Waals surface area (Å²) in [4.78, 5) is -0.321. The Balaban J connectivity index is 2.46. The first kappa shape index (κ1) is 18.4. The lowest BCUT2D eigenvalue weighted by Gasteiger charge is -2.25. The zero-order chi connectivity index (χ0) is 18.9. The summed E-state index contributed by atoms with van der Waals surface area (Å²) >= 11 is 0.737. The molecule has 136 valence electrons. The Kier molecular flexibility index (Phi) is 3.89. The predicted octanol–water partition coefficient (Wildman–Crippen LogP) is 6.53. The van der Waals surface area contributed by atoms with E-state index in [9.17, 15) is 35.1 Å². The molecule has 2 aromatic rings. The van der Waals surface area contributed by atoms with Crippen LogP contribution in [0.15, 0.2) is 12.1 Å². The van der Waals surface area contributed by atoms with Crippen molar-refractivity contribution in [3.63, 3.8) is 0 Å². The minimum absolute atomic E-state index is 0.161. The molecule has 0 aliphatic heterocycles. The first-order chi connectivity index (χ1) is 11.3. The molecule has 0 saturated heterocycles. The number of hydrogen-bond acceptors (Lipinski definition) is 2. The summed E-state index contributed by atoms with van der Waals surface area (Å²) in [5, 5.41) is -1.97. The van der Waals surface area contributed by atoms with Gasteiger partial charge in [0.2, 0.25) is 0 Å². The monoisotopic (exact) mass is 404 g/mol. The normalized spacial score (nSPS) is 21.2. The third-order valence-electron chi connectivity index (χ3n) is 3.98. The Morgan fingerprint density at radius 3 is 1.24 bits per heavy atom. The maximum atomic E-state index is 14.3. The number of hydrogen-bond donors (Lipinski definition) is 0. The molecule has 0 nitrogen and oxygen atoms in total. The third kappa shape index (κ3) is 2.29. The molecule has 3 rings (SSSR count). The van der Waals surface area contributed by atoms with E-state index in [-0.39, 0.29) is 9.75 Å². The molecule has 0 aromatic carbocycles. The molecule has 0 saturated carbocycles. The van der Waals surface area contributed by atoms with Gasteiger partial charge in [-0.2, -0.15) is 35.1 Å². The Bertz CT molecular complexity index is 817. The van der Waals surface area contributed by atoms with Crippen molar-refractivity contribution in [3.05, 3.63) is 43.3 Å². The first-order valence-electron chi connectivity index (χ1n) is 6.73. The Hall–Kier alpha value is -1.42. The van der Waals surface area contributed by atoms with Crippen LogP contribution in [-0.2, 0) is 0 Å². The third-order valence-corrected chi connectivity index (χ3v) is 5.66. The standard InChI is InChI=1S/C15H8F8S2/c1-5-7(3-9(16)24-5)11-12(8-4-10(17)25-6(8)2)14(20,21)15(22,23)13(11,18)19/h3-4H,1-2H3. The fraction of sp³-hybridized carbons (Fsp3) is 0.333. The van der Waals surface area contributed by atoms with E-state index >= 15 is 0 Å². The van der Waals surface area contributed by atoms with Crippen molar-refractivity contribution in [3.8, 4) is 0 Å². The van der Waals surface area contributed by atoms with Crippen LogP contribution >= 0.6 is 22.7 Å². The van der Waals surface area contributed by atoms with Crippen LogP contribution in [0.2, 0.25) is 0 Å². The quantitative estimate of drug-likeness (QED) is 0.499. The molecule has 0 N–H and O–H groups in total. The second kappa shape index (κ2) is 5.29. The molecule has 0 bridgehead atoms. The molecule has 0 radical (unpaired) electrons. The molecular weight excluding hydrogens is 396 g/mol. The van der Waals surface area contributed by atoms with Crippen molar-refractivity contribution in [1.82, 2.24) is 0 Å². The summed E-state index contributed by atoms with van der Waals surface area (Å²) in [7, 11) is 0. The van der Waals surface area contributed by atoms with Gasteiger partial charge in [-0.3, -0.25) is 0 Å². The van der Waals surface area contributed by atoms with E-state index in [0.29, 0.717) is 34.8 Å². The van der Waals surface area contributed by atoms with Gasteiger partial charge in [0, 0.05) is 32.0 Å². The van der Waals surface area contributed by atoms with Gasteiger partial charge in [0.25, 0.3) is 0 Å². The highest BCUT2D eigenvalue weighted by Gasteiger charge is 2.80. The maximum Gasteiger partial charge on any atom is 0.380 e. The van der Waals surface area contributed by atoms with E-state index in [2.05, 4.69) is 0 Å². The lowest BCUT2D eigenvalue weighted by molar-refractivity contribution is -0.254. The van der Waals surface area contributed by atoms with Crippen molar-refractivity contribution < 1.29 is 35.1 Å². The van der Waals surface area contributed by atoms with Gasteiger partial charge in [-0.05, 0) is 26.0 Å². The van der Waals surface area contributed by atoms with Crippen LogP contribution in [0.25, 0.3) is 11.1 Å². The van der Waals surface area contributed by atoms with Gasteiger partial charge in [-0.15, -0.1) is 22.7 Å². The van der Waals surface area contributed by atoms with Crippen LogP contribution < -0.4 is 0 Å². The van der Waals surface area contributed by atoms with Crippen LogP contribution in [-0.4, -0.2) is 17.8 Å². The van der Waals surface area contributed by atoms with Gasteiger partial charge in [-0.1, -0.05) is 0 Å². The van der Waals surface area contributed by atoms with Crippen LogP contribution in [0.1, 0.15) is 20.9 Å². The Morgan fingerprint density at radius 1 is 0.680 bits per heavy atom. The van der Waals surface area contributed by atoms with E-state index in [4.69, 9.17) is 0 Å². The molecular formula is C15H8F8S2. The van der Waals surface area contributed by atoms with Crippen molar-refractivity contribution >= 4 is 33.8 Å². The molecule has 0 fully saturated rings. The van der Waals surface area contributed by atoms with Crippen LogP contribution in [0.5, 0.6) is 0 Å². The lowest BCUT2D eigenvalue weighted by atomic mass is 9.95. The average molecular weight is 404 g/mol. The highest BCUT2D eigenvalue weighted by atomic mass is 32.1. The first-order valence-corrected chi connectivity index (χ1v) is 8.37. The SMILES string of the molecule is Cc1sc(F)cc1C1=C(c2cc(F)sc2C)C(F)(F)C(F)(F)C1(F)F. The Morgan fingerprint density at radius 2 is 1.00 bits per heavy atom. The van der Waals surface area contributed by atoms with E-state index in [1.807, 2.05) is 0 Å². The van der Waals surface area contributed by atoms with E-state index in [1.54, 1.807) is 0 Å². The second-order valence-electron chi connectivity index (χ2n) is 5.51. The molecule has 0 atom stereocenters. The second-order valence-corrected chi connectivity index (χ2v) is 7.93. The summed E-state index contributed by atoms with van der Waals surface area (Å²) in [6, 6.07) is 1.03. The summed E-state index contributed by atoms with van der Waals surface area (Å²) < 4.78 is 112. The molecule has 0 spiro atoms. The zero-order valence-electron chi connectivity index (χ0n) is 12.5. The number of rotatable bonds is 2. The van der Waals surface area contributed by atoms with Gasteiger partial charge in [0.15, 0.2) is 10.3 Å². The summed E-state index contributed by atoms with van der Waals surface area (Å²) in [6.45, 7) is 2.30. The number of thiophene rings is 2. The van der Waals surface area contributed by atoms with Gasteiger partial charge in [-0.25, -0.2) is 0 Å². The molecule has 0 unspecified atom stereocenters. The smallest absolute Gasteiger partial charge is 0.195 e. The van der Waals surface area contributed by atoms with E-state index in [0.717, 1.165) is 13.8 Å². The molecule has 2 heterocycles. The molecule has 0 amide bonds. The largest absolute Gasteiger partial charge is 0.380 e. The lowest BCUT2D eigenvalue weighted by Crippen LogP contribution is -2.48. The molecule has 10 heteroatoms. The Labute approximate surface area is 144 Å². The van der Waals surface area contributed by atoms with Crippen LogP contribution in [0.4, 0.5) is 35.1 Å². The van der Waals surface area contributed by atoms with Crippen molar-refractivity contribution in [2.45, 2.75) is 31.6 Å². The molecule has 1 aliphatic rings. The predicted molar refractivity (Wildman–Crippen MR) is 79.7 cm³/mol. The minimum Gasteiger partial charge on any atom is -0.195 e. The summed E-state index contributed by atoms with van der Waals surface area (Å²) in [6.07, 6.45) is 0. The van der Waals surface area contributed by atoms with Gasteiger partial charge < -0.3 is 0 Å². The van der Waals surface area contributed by atoms with Crippen molar-refractivity contribution in [2.75, 3.05) is 0 Å². The van der Waals surface area contributed by atoms with Gasteiger partial charge in [0.05, 0.1) is 0 Å². The average Bonchev–Trinajstić information content (AvgIpc) is 2.98.